The summed E-state index contributed by atoms with van der Waals surface area (Å²) in [7, 11) is 0. The number of rotatable bonds is 2. The van der Waals surface area contributed by atoms with E-state index in [0.29, 0.717) is 11.6 Å². The normalized spacial score (nSPS) is 18.7. The molecular formula is C11H16N6. The van der Waals surface area contributed by atoms with Crippen molar-refractivity contribution in [2.24, 2.45) is 11.7 Å². The SMILES string of the molecule is CC(C)C1(N)CN(c2ncnc3nc[nH]c23)C1. The van der Waals surface area contributed by atoms with Gasteiger partial charge in [0.1, 0.15) is 11.8 Å². The van der Waals surface area contributed by atoms with E-state index in [1.807, 2.05) is 0 Å². The Kier molecular flexibility index (Phi) is 2.09. The Balaban J connectivity index is 1.90. The molecule has 0 spiro atoms. The zero-order valence-corrected chi connectivity index (χ0v) is 10.0. The van der Waals surface area contributed by atoms with Crippen LogP contribution in [-0.4, -0.2) is 38.6 Å². The summed E-state index contributed by atoms with van der Waals surface area (Å²) in [5.41, 5.74) is 7.77. The van der Waals surface area contributed by atoms with E-state index in [-0.39, 0.29) is 5.54 Å². The number of hydrogen-bond acceptors (Lipinski definition) is 5. The first-order chi connectivity index (χ1) is 8.10. The van der Waals surface area contributed by atoms with Gasteiger partial charge in [0.2, 0.25) is 0 Å². The molecule has 0 aliphatic carbocycles. The molecule has 0 unspecified atom stereocenters. The van der Waals surface area contributed by atoms with Crippen molar-refractivity contribution in [3.63, 3.8) is 0 Å². The van der Waals surface area contributed by atoms with Crippen LogP contribution in [0.5, 0.6) is 0 Å². The minimum Gasteiger partial charge on any atom is -0.351 e. The topological polar surface area (TPSA) is 83.7 Å². The summed E-state index contributed by atoms with van der Waals surface area (Å²) in [6, 6.07) is 0. The van der Waals surface area contributed by atoms with Crippen molar-refractivity contribution in [1.29, 1.82) is 0 Å². The smallest absolute Gasteiger partial charge is 0.182 e. The molecule has 1 aliphatic rings. The Bertz CT molecular complexity index is 540. The van der Waals surface area contributed by atoms with Gasteiger partial charge in [-0.05, 0) is 5.92 Å². The van der Waals surface area contributed by atoms with Gasteiger partial charge in [-0.3, -0.25) is 0 Å². The molecule has 0 bridgehead atoms. The number of nitrogens with two attached hydrogens (primary N) is 1. The highest BCUT2D eigenvalue weighted by molar-refractivity contribution is 5.83. The highest BCUT2D eigenvalue weighted by Gasteiger charge is 2.43. The van der Waals surface area contributed by atoms with Crippen LogP contribution in [0.1, 0.15) is 13.8 Å². The lowest BCUT2D eigenvalue weighted by Crippen LogP contribution is -2.70. The molecule has 2 aromatic heterocycles. The Morgan fingerprint density at radius 3 is 2.82 bits per heavy atom. The third kappa shape index (κ3) is 1.48. The fourth-order valence-corrected chi connectivity index (χ4v) is 2.17. The average molecular weight is 232 g/mol. The van der Waals surface area contributed by atoms with Crippen LogP contribution in [0, 0.1) is 5.92 Å². The minimum absolute atomic E-state index is 0.0999. The predicted octanol–water partition coefficient (Wildman–Crippen LogP) is 0.526. The van der Waals surface area contributed by atoms with Crippen molar-refractivity contribution in [2.45, 2.75) is 19.4 Å². The summed E-state index contributed by atoms with van der Waals surface area (Å²) >= 11 is 0. The molecule has 6 nitrogen and oxygen atoms in total. The second-order valence-corrected chi connectivity index (χ2v) is 5.04. The summed E-state index contributed by atoms with van der Waals surface area (Å²) in [6.45, 7) is 5.97. The zero-order valence-electron chi connectivity index (χ0n) is 10.0. The van der Waals surface area contributed by atoms with Crippen molar-refractivity contribution in [2.75, 3.05) is 18.0 Å². The highest BCUT2D eigenvalue weighted by atomic mass is 15.3. The van der Waals surface area contributed by atoms with Crippen molar-refractivity contribution < 1.29 is 0 Å². The minimum atomic E-state index is -0.0999. The molecule has 0 atom stereocenters. The van der Waals surface area contributed by atoms with Gasteiger partial charge in [0.15, 0.2) is 11.5 Å². The standard InChI is InChI=1S/C11H16N6/c1-7(2)11(12)3-17(4-11)10-8-9(14-5-13-8)15-6-16-10/h5-7H,3-4,12H2,1-2H3,(H,13,14,15,16). The maximum Gasteiger partial charge on any atom is 0.182 e. The van der Waals surface area contributed by atoms with E-state index in [9.17, 15) is 0 Å². The third-order valence-electron chi connectivity index (χ3n) is 3.62. The molecule has 17 heavy (non-hydrogen) atoms. The molecule has 0 aromatic carbocycles. The van der Waals surface area contributed by atoms with Crippen molar-refractivity contribution in [3.05, 3.63) is 12.7 Å². The maximum atomic E-state index is 6.28. The second kappa shape index (κ2) is 3.40. The molecule has 1 aliphatic heterocycles. The van der Waals surface area contributed by atoms with Crippen LogP contribution in [0.3, 0.4) is 0 Å². The molecule has 3 rings (SSSR count). The predicted molar refractivity (Wildman–Crippen MR) is 65.7 cm³/mol. The lowest BCUT2D eigenvalue weighted by Gasteiger charge is -2.50. The van der Waals surface area contributed by atoms with Gasteiger partial charge >= 0.3 is 0 Å². The van der Waals surface area contributed by atoms with Crippen LogP contribution in [-0.2, 0) is 0 Å². The quantitative estimate of drug-likeness (QED) is 0.789. The monoisotopic (exact) mass is 232 g/mol. The number of hydrogen-bond donors (Lipinski definition) is 2. The van der Waals surface area contributed by atoms with E-state index in [0.717, 1.165) is 24.4 Å². The molecule has 3 N–H and O–H groups in total. The Morgan fingerprint density at radius 1 is 1.35 bits per heavy atom. The summed E-state index contributed by atoms with van der Waals surface area (Å²) < 4.78 is 0. The van der Waals surface area contributed by atoms with E-state index in [1.165, 1.54) is 0 Å². The van der Waals surface area contributed by atoms with Crippen molar-refractivity contribution in [1.82, 2.24) is 19.9 Å². The lowest BCUT2D eigenvalue weighted by molar-refractivity contribution is 0.244. The molecule has 1 saturated heterocycles. The second-order valence-electron chi connectivity index (χ2n) is 5.04. The van der Waals surface area contributed by atoms with Gasteiger partial charge in [0, 0.05) is 13.1 Å². The first kappa shape index (κ1) is 10.5. The fourth-order valence-electron chi connectivity index (χ4n) is 2.17. The number of H-pyrrole nitrogens is 1. The maximum absolute atomic E-state index is 6.28. The molecule has 0 radical (unpaired) electrons. The van der Waals surface area contributed by atoms with Gasteiger partial charge in [-0.2, -0.15) is 0 Å². The van der Waals surface area contributed by atoms with E-state index in [4.69, 9.17) is 5.73 Å². The average Bonchev–Trinajstić information content (AvgIpc) is 2.72. The number of nitrogens with zero attached hydrogens (tertiary/aromatic N) is 4. The van der Waals surface area contributed by atoms with Crippen LogP contribution >= 0.6 is 0 Å². The molecule has 3 heterocycles. The number of imidazole rings is 1. The Hall–Kier alpha value is -1.69. The molecule has 2 aromatic rings. The highest BCUT2D eigenvalue weighted by Crippen LogP contribution is 2.32. The van der Waals surface area contributed by atoms with Crippen molar-refractivity contribution >= 4 is 17.0 Å². The van der Waals surface area contributed by atoms with Gasteiger partial charge < -0.3 is 15.6 Å². The summed E-state index contributed by atoms with van der Waals surface area (Å²) in [4.78, 5) is 17.8. The number of aromatic nitrogens is 4. The van der Waals surface area contributed by atoms with E-state index in [1.54, 1.807) is 12.7 Å². The van der Waals surface area contributed by atoms with Gasteiger partial charge in [-0.1, -0.05) is 13.8 Å². The van der Waals surface area contributed by atoms with Crippen LogP contribution < -0.4 is 10.6 Å². The zero-order chi connectivity index (χ0) is 12.0. The van der Waals surface area contributed by atoms with Crippen LogP contribution in [0.15, 0.2) is 12.7 Å². The summed E-state index contributed by atoms with van der Waals surface area (Å²) in [5, 5.41) is 0. The van der Waals surface area contributed by atoms with Gasteiger partial charge in [0.05, 0.1) is 11.9 Å². The van der Waals surface area contributed by atoms with E-state index < -0.39 is 0 Å². The molecular weight excluding hydrogens is 216 g/mol. The molecule has 6 heteroatoms. The van der Waals surface area contributed by atoms with E-state index in [2.05, 4.69) is 38.7 Å². The first-order valence-corrected chi connectivity index (χ1v) is 5.78. The Labute approximate surface area is 99.3 Å². The van der Waals surface area contributed by atoms with Gasteiger partial charge in [-0.15, -0.1) is 0 Å². The fraction of sp³-hybridized carbons (Fsp3) is 0.545. The lowest BCUT2D eigenvalue weighted by atomic mass is 9.80. The molecule has 0 amide bonds. The third-order valence-corrected chi connectivity index (χ3v) is 3.62. The summed E-state index contributed by atoms with van der Waals surface area (Å²) in [5.74, 6) is 1.37. The number of aromatic amines is 1. The molecule has 90 valence electrons. The van der Waals surface area contributed by atoms with Crippen LogP contribution in [0.25, 0.3) is 11.2 Å². The number of nitrogens with one attached hydrogen (secondary N) is 1. The Morgan fingerprint density at radius 2 is 2.12 bits per heavy atom. The van der Waals surface area contributed by atoms with Gasteiger partial charge in [0.25, 0.3) is 0 Å². The first-order valence-electron chi connectivity index (χ1n) is 5.78. The molecule has 0 saturated carbocycles. The largest absolute Gasteiger partial charge is 0.351 e. The summed E-state index contributed by atoms with van der Waals surface area (Å²) in [6.07, 6.45) is 3.19. The molecule has 1 fully saturated rings. The van der Waals surface area contributed by atoms with Crippen LogP contribution in [0.4, 0.5) is 5.82 Å². The van der Waals surface area contributed by atoms with Crippen LogP contribution in [0.2, 0.25) is 0 Å². The number of anilines is 1. The number of fused-ring (bicyclic) bond motifs is 1. The van der Waals surface area contributed by atoms with Crippen molar-refractivity contribution in [3.8, 4) is 0 Å². The van der Waals surface area contributed by atoms with Gasteiger partial charge in [-0.25, -0.2) is 15.0 Å². The van der Waals surface area contributed by atoms with E-state index >= 15 is 0 Å².